The van der Waals surface area contributed by atoms with Crippen LogP contribution in [0.3, 0.4) is 0 Å². The molecule has 0 amide bonds. The molecule has 0 aromatic heterocycles. The van der Waals surface area contributed by atoms with E-state index in [1.807, 2.05) is 0 Å². The number of nitrogens with one attached hydrogen (secondary N) is 1. The number of rotatable bonds is 4. The molecule has 0 bridgehead atoms. The Balaban J connectivity index is 1.60. The number of anilines is 1. The molecule has 1 aliphatic carbocycles. The Morgan fingerprint density at radius 3 is 2.73 bits per heavy atom. The van der Waals surface area contributed by atoms with E-state index >= 15 is 0 Å². The van der Waals surface area contributed by atoms with Crippen LogP contribution in [0.5, 0.6) is 0 Å². The van der Waals surface area contributed by atoms with Gasteiger partial charge in [0, 0.05) is 12.2 Å². The number of fused-ring (bicyclic) bond motifs is 2. The van der Waals surface area contributed by atoms with Gasteiger partial charge in [0.05, 0.1) is 0 Å². The zero-order valence-corrected chi connectivity index (χ0v) is 16.9. The topological polar surface area (TPSA) is 12.0 Å². The van der Waals surface area contributed by atoms with Gasteiger partial charge in [0.2, 0.25) is 0 Å². The molecule has 0 radical (unpaired) electrons. The van der Waals surface area contributed by atoms with E-state index in [0.717, 1.165) is 13.0 Å². The molecule has 26 heavy (non-hydrogen) atoms. The molecule has 2 aromatic carbocycles. The van der Waals surface area contributed by atoms with Gasteiger partial charge in [-0.05, 0) is 83.2 Å². The monoisotopic (exact) mass is 347 g/mol. The zero-order chi connectivity index (χ0) is 18.3. The first-order chi connectivity index (χ1) is 12.5. The second kappa shape index (κ2) is 6.76. The van der Waals surface area contributed by atoms with Gasteiger partial charge in [-0.2, -0.15) is 0 Å². The van der Waals surface area contributed by atoms with E-state index in [1.54, 1.807) is 16.7 Å². The lowest BCUT2D eigenvalue weighted by Gasteiger charge is -2.30. The first-order valence-corrected chi connectivity index (χ1v) is 10.5. The van der Waals surface area contributed by atoms with Crippen molar-refractivity contribution >= 4 is 5.69 Å². The highest BCUT2D eigenvalue weighted by atomic mass is 14.9. The van der Waals surface area contributed by atoms with Gasteiger partial charge >= 0.3 is 0 Å². The minimum atomic E-state index is 0.352. The molecule has 0 fully saturated rings. The van der Waals surface area contributed by atoms with Crippen molar-refractivity contribution < 1.29 is 0 Å². The Bertz CT molecular complexity index is 804. The number of hydrogen-bond acceptors (Lipinski definition) is 1. The molecule has 1 heterocycles. The minimum absolute atomic E-state index is 0.352. The summed E-state index contributed by atoms with van der Waals surface area (Å²) in [7, 11) is 0. The molecule has 1 nitrogen and oxygen atoms in total. The van der Waals surface area contributed by atoms with E-state index in [-0.39, 0.29) is 0 Å². The maximum absolute atomic E-state index is 3.59. The van der Waals surface area contributed by atoms with E-state index < -0.39 is 0 Å². The summed E-state index contributed by atoms with van der Waals surface area (Å²) in [6.45, 7) is 10.7. The fraction of sp³-hybridized carbons (Fsp3) is 0.520. The molecule has 2 aliphatic rings. The molecule has 138 valence electrons. The van der Waals surface area contributed by atoms with Crippen LogP contribution in [-0.2, 0) is 24.7 Å². The normalized spacial score (nSPS) is 22.7. The minimum Gasteiger partial charge on any atom is -0.385 e. The van der Waals surface area contributed by atoms with Crippen molar-refractivity contribution in [1.29, 1.82) is 0 Å². The Hall–Kier alpha value is -1.76. The predicted molar refractivity (Wildman–Crippen MR) is 112 cm³/mol. The fourth-order valence-electron chi connectivity index (χ4n) is 5.01. The summed E-state index contributed by atoms with van der Waals surface area (Å²) in [6.07, 6.45) is 6.17. The van der Waals surface area contributed by atoms with Gasteiger partial charge in [0.1, 0.15) is 0 Å². The second-order valence-electron chi connectivity index (χ2n) is 9.07. The quantitative estimate of drug-likeness (QED) is 0.689. The predicted octanol–water partition coefficient (Wildman–Crippen LogP) is 6.25. The summed E-state index contributed by atoms with van der Waals surface area (Å²) in [4.78, 5) is 0. The second-order valence-corrected chi connectivity index (χ2v) is 9.07. The van der Waals surface area contributed by atoms with E-state index in [1.165, 1.54) is 42.5 Å². The number of aryl methyl sites for hydroxylation is 1. The van der Waals surface area contributed by atoms with Gasteiger partial charge in [-0.3, -0.25) is 0 Å². The van der Waals surface area contributed by atoms with E-state index in [4.69, 9.17) is 0 Å². The summed E-state index contributed by atoms with van der Waals surface area (Å²) in [6, 6.07) is 14.2. The molecule has 1 heteroatoms. The SMILES string of the molecule is CC(Cc1cccc2c1CCC2(C)C(C)C)c1ccc2c(c1)NCCC2. The molecule has 1 aliphatic heterocycles. The first kappa shape index (κ1) is 17.6. The van der Waals surface area contributed by atoms with Crippen molar-refractivity contribution in [2.24, 2.45) is 5.92 Å². The van der Waals surface area contributed by atoms with Gasteiger partial charge in [-0.1, -0.05) is 58.0 Å². The van der Waals surface area contributed by atoms with Crippen molar-refractivity contribution in [3.8, 4) is 0 Å². The standard InChI is InChI=1S/C25H33N/c1-17(2)25(4)13-12-22-21(7-5-9-23(22)25)15-18(3)20-11-10-19-8-6-14-26-24(19)16-20/h5,7,9-11,16-18,26H,6,8,12-15H2,1-4H3. The third kappa shape index (κ3) is 2.96. The Morgan fingerprint density at radius 2 is 1.92 bits per heavy atom. The largest absolute Gasteiger partial charge is 0.385 e. The first-order valence-electron chi connectivity index (χ1n) is 10.5. The maximum atomic E-state index is 3.59. The van der Waals surface area contributed by atoms with Crippen molar-refractivity contribution in [3.05, 3.63) is 64.2 Å². The highest BCUT2D eigenvalue weighted by Gasteiger charge is 2.37. The lowest BCUT2D eigenvalue weighted by atomic mass is 9.74. The van der Waals surface area contributed by atoms with Crippen molar-refractivity contribution in [2.45, 2.75) is 71.1 Å². The summed E-state index contributed by atoms with van der Waals surface area (Å²) in [5.41, 5.74) is 9.51. The van der Waals surface area contributed by atoms with Crippen LogP contribution in [-0.4, -0.2) is 6.54 Å². The average Bonchev–Trinajstić information content (AvgIpc) is 3.01. The molecule has 2 atom stereocenters. The average molecular weight is 348 g/mol. The third-order valence-corrected chi connectivity index (χ3v) is 7.22. The van der Waals surface area contributed by atoms with Crippen LogP contribution in [0.1, 0.15) is 74.3 Å². The van der Waals surface area contributed by atoms with Crippen LogP contribution in [0.4, 0.5) is 5.69 Å². The van der Waals surface area contributed by atoms with Gasteiger partial charge in [0.25, 0.3) is 0 Å². The van der Waals surface area contributed by atoms with Crippen LogP contribution < -0.4 is 5.32 Å². The Kier molecular flexibility index (Phi) is 4.59. The Labute approximate surface area is 159 Å². The molecule has 2 unspecified atom stereocenters. The highest BCUT2D eigenvalue weighted by molar-refractivity contribution is 5.55. The fourth-order valence-corrected chi connectivity index (χ4v) is 5.01. The lowest BCUT2D eigenvalue weighted by Crippen LogP contribution is -2.25. The summed E-state index contributed by atoms with van der Waals surface area (Å²) in [5.74, 6) is 1.25. The van der Waals surface area contributed by atoms with Crippen LogP contribution in [0.25, 0.3) is 0 Å². The molecule has 1 N–H and O–H groups in total. The van der Waals surface area contributed by atoms with Crippen molar-refractivity contribution in [1.82, 2.24) is 0 Å². The molecule has 2 aromatic rings. The molecule has 0 spiro atoms. The maximum Gasteiger partial charge on any atom is 0.0375 e. The highest BCUT2D eigenvalue weighted by Crippen LogP contribution is 2.45. The smallest absolute Gasteiger partial charge is 0.0375 e. The van der Waals surface area contributed by atoms with E-state index in [0.29, 0.717) is 17.3 Å². The van der Waals surface area contributed by atoms with Gasteiger partial charge in [-0.15, -0.1) is 0 Å². The lowest BCUT2D eigenvalue weighted by molar-refractivity contribution is 0.337. The molecule has 0 saturated carbocycles. The van der Waals surface area contributed by atoms with Crippen LogP contribution >= 0.6 is 0 Å². The summed E-state index contributed by atoms with van der Waals surface area (Å²) in [5, 5.41) is 3.59. The Morgan fingerprint density at radius 1 is 1.08 bits per heavy atom. The van der Waals surface area contributed by atoms with Gasteiger partial charge in [0.15, 0.2) is 0 Å². The van der Waals surface area contributed by atoms with Crippen LogP contribution in [0, 0.1) is 5.92 Å². The molecule has 4 rings (SSSR count). The van der Waals surface area contributed by atoms with Crippen LogP contribution in [0.15, 0.2) is 36.4 Å². The van der Waals surface area contributed by atoms with E-state index in [2.05, 4.69) is 69.4 Å². The number of benzene rings is 2. The van der Waals surface area contributed by atoms with Crippen molar-refractivity contribution in [2.75, 3.05) is 11.9 Å². The van der Waals surface area contributed by atoms with Gasteiger partial charge in [-0.25, -0.2) is 0 Å². The summed E-state index contributed by atoms with van der Waals surface area (Å²) >= 11 is 0. The summed E-state index contributed by atoms with van der Waals surface area (Å²) < 4.78 is 0. The van der Waals surface area contributed by atoms with Crippen LogP contribution in [0.2, 0.25) is 0 Å². The zero-order valence-electron chi connectivity index (χ0n) is 16.9. The molecular formula is C25H33N. The molecule has 0 saturated heterocycles. The van der Waals surface area contributed by atoms with Crippen molar-refractivity contribution in [3.63, 3.8) is 0 Å². The third-order valence-electron chi connectivity index (χ3n) is 7.22. The number of hydrogen-bond donors (Lipinski definition) is 1. The molecular weight excluding hydrogens is 314 g/mol. The van der Waals surface area contributed by atoms with Gasteiger partial charge < -0.3 is 5.32 Å². The van der Waals surface area contributed by atoms with E-state index in [9.17, 15) is 0 Å².